The zero-order chi connectivity index (χ0) is 95.6. The Morgan fingerprint density at radius 1 is 0.258 bits per heavy atom. The second kappa shape index (κ2) is 63.9. The summed E-state index contributed by atoms with van der Waals surface area (Å²) >= 11 is 0. The van der Waals surface area contributed by atoms with Gasteiger partial charge in [-0.15, -0.1) is 0 Å². The van der Waals surface area contributed by atoms with Gasteiger partial charge in [-0.3, -0.25) is 57.5 Å². The van der Waals surface area contributed by atoms with E-state index in [0.29, 0.717) is 122 Å². The lowest BCUT2D eigenvalue weighted by atomic mass is 10.0. The molecule has 0 fully saturated rings. The van der Waals surface area contributed by atoms with Crippen molar-refractivity contribution in [2.45, 2.75) is 238 Å². The summed E-state index contributed by atoms with van der Waals surface area (Å²) in [5.41, 5.74) is 29.5. The first-order valence-corrected chi connectivity index (χ1v) is 48.1. The highest BCUT2D eigenvalue weighted by Crippen LogP contribution is 2.20. The molecular weight excluding hydrogens is 1670 g/mol. The van der Waals surface area contributed by atoms with Crippen LogP contribution in [0.4, 0.5) is 0 Å². The Kier molecular flexibility index (Phi) is 53.1. The molecule has 11 amide bonds. The van der Waals surface area contributed by atoms with E-state index >= 15 is 24.0 Å². The number of Topliss-reactive ketones (excluding diaryl/α,β-unsaturated/α-hetero) is 1. The van der Waals surface area contributed by atoms with Gasteiger partial charge >= 0.3 is 0 Å². The van der Waals surface area contributed by atoms with E-state index in [1.807, 2.05) is 217 Å². The van der Waals surface area contributed by atoms with Gasteiger partial charge in [0.1, 0.15) is 5.78 Å². The molecule has 28 nitrogen and oxygen atoms in total. The number of nitrogens with one attached hydrogen (secondary N) is 6. The molecular formula is C104H154N16O12. The van der Waals surface area contributed by atoms with E-state index in [4.69, 9.17) is 22.9 Å². The monoisotopic (exact) mass is 1820 g/mol. The fourth-order valence-corrected chi connectivity index (χ4v) is 16.2. The number of ketones is 1. The molecule has 14 N–H and O–H groups in total. The van der Waals surface area contributed by atoms with E-state index in [1.54, 1.807) is 4.90 Å². The van der Waals surface area contributed by atoms with Gasteiger partial charge in [-0.25, -0.2) is 0 Å². The summed E-state index contributed by atoms with van der Waals surface area (Å²) in [6.45, 7) is 8.56. The van der Waals surface area contributed by atoms with Crippen molar-refractivity contribution in [2.75, 3.05) is 112 Å². The summed E-state index contributed by atoms with van der Waals surface area (Å²) in [6, 6.07) is 53.1. The summed E-state index contributed by atoms with van der Waals surface area (Å²) in [6.07, 6.45) is 10.3. The Labute approximate surface area is 785 Å². The van der Waals surface area contributed by atoms with Gasteiger partial charge in [-0.1, -0.05) is 235 Å². The van der Waals surface area contributed by atoms with Crippen LogP contribution in [0.2, 0.25) is 0 Å². The predicted molar refractivity (Wildman–Crippen MR) is 522 cm³/mol. The summed E-state index contributed by atoms with van der Waals surface area (Å²) in [5, 5.41) is 19.2. The Morgan fingerprint density at radius 3 is 0.689 bits per heavy atom. The van der Waals surface area contributed by atoms with Gasteiger partial charge in [0.05, 0.1) is 51.4 Å². The highest BCUT2D eigenvalue weighted by Gasteiger charge is 2.33. The van der Waals surface area contributed by atoms with Crippen molar-refractivity contribution < 1.29 is 57.5 Å². The van der Waals surface area contributed by atoms with Crippen LogP contribution in [0.5, 0.6) is 0 Å². The van der Waals surface area contributed by atoms with Crippen molar-refractivity contribution in [3.05, 3.63) is 215 Å². The number of likely N-dealkylation sites (N-methyl/N-ethyl adjacent to an activating group) is 1. The molecule has 0 aliphatic rings. The third kappa shape index (κ3) is 46.4. The lowest BCUT2D eigenvalue weighted by Crippen LogP contribution is -2.55. The molecule has 0 saturated heterocycles. The SMILES string of the molecule is CN[C@@H](CCCCN)CN(CC(=O)N[C@@H](Cc1ccccc1)CN(CC(=O)N[C@@H](CCCCN)CN(CC(=O)N[C@@H](CCCCN)CN(CC(=O)N[C@@H](Cc1ccccc1)CN(CC(=O)N[C@@H](CCCCN)CN(CC(C)=O)C(=O)CCc1ccccc1)C(=O)CCC(C)C)C(=O)CCc1ccccc1)C(=O)CCc1ccccc1)C(=O)CCC(C)C)C(=O)CCc1ccccc1. The number of nitrogens with zero attached hydrogens (tertiary/aromatic N) is 6. The molecule has 0 aliphatic heterocycles. The first-order valence-electron chi connectivity index (χ1n) is 48.1. The molecule has 0 saturated carbocycles. The fraction of sp³-hybridized carbons (Fsp3) is 0.538. The standard InChI is InChI=1S/C104H154N16O12/c1-79(2)49-55-99(127)119(75-95(123)110-89(46-26-30-62-106)69-115(67-81(5)121)101(129)57-51-82-33-13-7-14-34-82)73-93(66-87-43-23-12-24-44-87)114-98(126)78-118(104(132)60-54-85-39-19-10-20-40-85)71-91(48-28-32-64-108)111-94(122)74-117(103(131)59-53-84-37-17-9-18-38-84)70-90(47-27-31-63-107)112-96(124)76-120(100(128)56-50-80(3)4)72-92(65-86-41-21-11-22-42-86)113-97(125)77-116(68-88(109-6)45-25-29-61-105)102(130)58-52-83-35-15-8-16-36-83/h7-24,33-44,79-80,88-93,109H,25-32,45-78,105-108H2,1-6H3,(H,110,123)(H,111,122)(H,112,124)(H,113,125)(H,114,126)/t88-,89-,90-,91-,92-,93-/m0/s1. The average molecular weight is 1820 g/mol. The molecule has 722 valence electrons. The van der Waals surface area contributed by atoms with Crippen LogP contribution >= 0.6 is 0 Å². The van der Waals surface area contributed by atoms with Crippen LogP contribution in [-0.2, 0) is 96.1 Å². The summed E-state index contributed by atoms with van der Waals surface area (Å²) in [5.74, 6) is -4.50. The molecule has 0 spiro atoms. The van der Waals surface area contributed by atoms with Gasteiger partial charge in [-0.05, 0) is 188 Å². The van der Waals surface area contributed by atoms with E-state index in [9.17, 15) is 33.6 Å². The van der Waals surface area contributed by atoms with Crippen molar-refractivity contribution >= 4 is 70.8 Å². The number of unbranched alkanes of at least 4 members (excludes halogenated alkanes) is 4. The predicted octanol–water partition coefficient (Wildman–Crippen LogP) is 8.96. The number of amides is 11. The maximum Gasteiger partial charge on any atom is 0.239 e. The Bertz CT molecular complexity index is 4350. The average Bonchev–Trinajstić information content (AvgIpc) is 0.878. The molecule has 0 aromatic heterocycles. The topological polar surface area (TPSA) is 401 Å². The first kappa shape index (κ1) is 110. The molecule has 0 radical (unpaired) electrons. The zero-order valence-corrected chi connectivity index (χ0v) is 79.5. The third-order valence-corrected chi connectivity index (χ3v) is 23.5. The quantitative estimate of drug-likeness (QED) is 0.0159. The van der Waals surface area contributed by atoms with Crippen LogP contribution in [0, 0.1) is 11.8 Å². The molecule has 6 atom stereocenters. The van der Waals surface area contributed by atoms with Gasteiger partial charge in [-0.2, -0.15) is 0 Å². The summed E-state index contributed by atoms with van der Waals surface area (Å²) < 4.78 is 0. The summed E-state index contributed by atoms with van der Waals surface area (Å²) in [4.78, 5) is 185. The van der Waals surface area contributed by atoms with Crippen molar-refractivity contribution in [2.24, 2.45) is 34.8 Å². The summed E-state index contributed by atoms with van der Waals surface area (Å²) in [7, 11) is 1.84. The van der Waals surface area contributed by atoms with E-state index in [1.165, 1.54) is 31.4 Å². The van der Waals surface area contributed by atoms with E-state index in [0.717, 1.165) is 52.6 Å². The van der Waals surface area contributed by atoms with Gasteiger partial charge in [0.25, 0.3) is 0 Å². The molecule has 6 rings (SSSR count). The highest BCUT2D eigenvalue weighted by atomic mass is 16.2. The van der Waals surface area contributed by atoms with Crippen molar-refractivity contribution in [3.63, 3.8) is 0 Å². The highest BCUT2D eigenvalue weighted by molar-refractivity contribution is 5.90. The Morgan fingerprint density at radius 2 is 0.462 bits per heavy atom. The Hall–Kier alpha value is -11.0. The molecule has 6 aromatic carbocycles. The van der Waals surface area contributed by atoms with Gasteiger partial charge < -0.3 is 84.2 Å². The number of rotatable bonds is 68. The minimum atomic E-state index is -0.829. The second-order valence-corrected chi connectivity index (χ2v) is 36.0. The van der Waals surface area contributed by atoms with Crippen LogP contribution in [0.25, 0.3) is 0 Å². The van der Waals surface area contributed by atoms with Crippen LogP contribution in [0.15, 0.2) is 182 Å². The van der Waals surface area contributed by atoms with Crippen LogP contribution in [-0.4, -0.2) is 248 Å². The van der Waals surface area contributed by atoms with Crippen molar-refractivity contribution in [3.8, 4) is 0 Å². The maximum absolute atomic E-state index is 15.3. The zero-order valence-electron chi connectivity index (χ0n) is 79.5. The lowest BCUT2D eigenvalue weighted by Gasteiger charge is -2.33. The number of hydrogen-bond acceptors (Lipinski definition) is 17. The van der Waals surface area contributed by atoms with Crippen LogP contribution < -0.4 is 54.8 Å². The van der Waals surface area contributed by atoms with Crippen molar-refractivity contribution in [1.82, 2.24) is 61.3 Å². The van der Waals surface area contributed by atoms with E-state index in [-0.39, 0.29) is 157 Å². The largest absolute Gasteiger partial charge is 0.350 e. The smallest absolute Gasteiger partial charge is 0.239 e. The molecule has 0 aliphatic carbocycles. The van der Waals surface area contributed by atoms with E-state index in [2.05, 4.69) is 31.9 Å². The molecule has 0 unspecified atom stereocenters. The second-order valence-electron chi connectivity index (χ2n) is 36.0. The molecule has 132 heavy (non-hydrogen) atoms. The maximum atomic E-state index is 15.3. The van der Waals surface area contributed by atoms with Crippen LogP contribution in [0.1, 0.15) is 196 Å². The number of aryl methyl sites for hydroxylation is 4. The van der Waals surface area contributed by atoms with Gasteiger partial charge in [0, 0.05) is 102 Å². The number of benzene rings is 6. The van der Waals surface area contributed by atoms with Gasteiger partial charge in [0.15, 0.2) is 0 Å². The molecule has 28 heteroatoms. The molecule has 0 bridgehead atoms. The Balaban J connectivity index is 1.30. The molecule has 0 heterocycles. The number of carbonyl (C=O) groups is 12. The first-order chi connectivity index (χ1) is 63.7. The minimum absolute atomic E-state index is 0.0174. The normalized spacial score (nSPS) is 12.6. The third-order valence-electron chi connectivity index (χ3n) is 23.5. The number of hydrogen-bond donors (Lipinski definition) is 10. The number of nitrogens with two attached hydrogens (primary N) is 4. The van der Waals surface area contributed by atoms with Crippen LogP contribution in [0.3, 0.4) is 0 Å². The van der Waals surface area contributed by atoms with E-state index < -0.39 is 91.8 Å². The van der Waals surface area contributed by atoms with Gasteiger partial charge in [0.2, 0.25) is 65.0 Å². The number of carbonyl (C=O) groups excluding carboxylic acids is 12. The minimum Gasteiger partial charge on any atom is -0.350 e. The van der Waals surface area contributed by atoms with Crippen molar-refractivity contribution in [1.29, 1.82) is 0 Å². The fourth-order valence-electron chi connectivity index (χ4n) is 16.2. The molecule has 6 aromatic rings. The lowest BCUT2D eigenvalue weighted by molar-refractivity contribution is -0.139.